The van der Waals surface area contributed by atoms with Gasteiger partial charge in [0.05, 0.1) is 12.2 Å². The maximum atomic E-state index is 13.8. The Balaban J connectivity index is 1.55. The summed E-state index contributed by atoms with van der Waals surface area (Å²) in [6.07, 6.45) is 2.38. The highest BCUT2D eigenvalue weighted by Gasteiger charge is 2.33. The molecule has 2 aromatic heterocycles. The SMILES string of the molecule is Cc1cc(CN2C[C@@H](F)C[C@H]2CNC(=O)[C@H](C)n2cncn2)on1. The summed E-state index contributed by atoms with van der Waals surface area (Å²) in [6.45, 7) is 4.79. The molecule has 9 heteroatoms. The van der Waals surface area contributed by atoms with E-state index in [9.17, 15) is 9.18 Å². The largest absolute Gasteiger partial charge is 0.360 e. The van der Waals surface area contributed by atoms with Crippen LogP contribution in [0.25, 0.3) is 0 Å². The topological polar surface area (TPSA) is 89.1 Å². The van der Waals surface area contributed by atoms with Crippen molar-refractivity contribution in [1.82, 2.24) is 30.1 Å². The van der Waals surface area contributed by atoms with E-state index in [0.29, 0.717) is 31.8 Å². The molecular formula is C15H21FN6O2. The van der Waals surface area contributed by atoms with Gasteiger partial charge >= 0.3 is 0 Å². The molecule has 1 aliphatic heterocycles. The summed E-state index contributed by atoms with van der Waals surface area (Å²) in [5, 5.41) is 10.7. The smallest absolute Gasteiger partial charge is 0.244 e. The maximum absolute atomic E-state index is 13.8. The van der Waals surface area contributed by atoms with Crippen LogP contribution >= 0.6 is 0 Å². The Morgan fingerprint density at radius 1 is 1.58 bits per heavy atom. The second-order valence-corrected chi connectivity index (χ2v) is 6.15. The van der Waals surface area contributed by atoms with Gasteiger partial charge in [0, 0.05) is 25.2 Å². The first-order chi connectivity index (χ1) is 11.5. The van der Waals surface area contributed by atoms with Gasteiger partial charge in [0.15, 0.2) is 5.76 Å². The van der Waals surface area contributed by atoms with Gasteiger partial charge in [-0.15, -0.1) is 0 Å². The zero-order valence-corrected chi connectivity index (χ0v) is 13.7. The molecule has 1 aliphatic rings. The van der Waals surface area contributed by atoms with Gasteiger partial charge in [-0.2, -0.15) is 5.10 Å². The minimum atomic E-state index is -0.899. The number of carbonyl (C=O) groups is 1. The van der Waals surface area contributed by atoms with Crippen molar-refractivity contribution in [2.24, 2.45) is 0 Å². The van der Waals surface area contributed by atoms with Crippen LogP contribution in [0.3, 0.4) is 0 Å². The van der Waals surface area contributed by atoms with E-state index in [0.717, 1.165) is 5.69 Å². The fourth-order valence-electron chi connectivity index (χ4n) is 2.92. The van der Waals surface area contributed by atoms with E-state index in [1.54, 1.807) is 6.92 Å². The predicted molar refractivity (Wildman–Crippen MR) is 82.7 cm³/mol. The van der Waals surface area contributed by atoms with Gasteiger partial charge in [-0.1, -0.05) is 5.16 Å². The Hall–Kier alpha value is -2.29. The Bertz CT molecular complexity index is 673. The zero-order valence-electron chi connectivity index (χ0n) is 13.7. The molecule has 3 rings (SSSR count). The fourth-order valence-corrected chi connectivity index (χ4v) is 2.92. The number of aryl methyl sites for hydroxylation is 1. The van der Waals surface area contributed by atoms with Gasteiger partial charge in [-0.25, -0.2) is 14.1 Å². The minimum absolute atomic E-state index is 0.0719. The lowest BCUT2D eigenvalue weighted by molar-refractivity contribution is -0.124. The minimum Gasteiger partial charge on any atom is -0.360 e. The van der Waals surface area contributed by atoms with Crippen LogP contribution in [0.15, 0.2) is 23.2 Å². The summed E-state index contributed by atoms with van der Waals surface area (Å²) in [4.78, 5) is 18.0. The molecule has 1 N–H and O–H groups in total. The van der Waals surface area contributed by atoms with E-state index in [2.05, 4.69) is 20.6 Å². The number of alkyl halides is 1. The molecule has 0 saturated carbocycles. The maximum Gasteiger partial charge on any atom is 0.244 e. The average Bonchev–Trinajstić information content (AvgIpc) is 3.27. The van der Waals surface area contributed by atoms with Gasteiger partial charge in [0.1, 0.15) is 24.9 Å². The molecule has 0 spiro atoms. The van der Waals surface area contributed by atoms with Crippen LogP contribution in [0.4, 0.5) is 4.39 Å². The Kier molecular flexibility index (Phi) is 4.89. The Morgan fingerprint density at radius 3 is 3.08 bits per heavy atom. The molecule has 130 valence electrons. The fraction of sp³-hybridized carbons (Fsp3) is 0.600. The van der Waals surface area contributed by atoms with E-state index in [-0.39, 0.29) is 11.9 Å². The van der Waals surface area contributed by atoms with Crippen molar-refractivity contribution < 1.29 is 13.7 Å². The van der Waals surface area contributed by atoms with Crippen molar-refractivity contribution in [3.8, 4) is 0 Å². The van der Waals surface area contributed by atoms with Crippen LogP contribution in [0, 0.1) is 6.92 Å². The van der Waals surface area contributed by atoms with Gasteiger partial charge < -0.3 is 9.84 Å². The van der Waals surface area contributed by atoms with Crippen LogP contribution in [0.2, 0.25) is 0 Å². The van der Waals surface area contributed by atoms with Crippen molar-refractivity contribution in [3.63, 3.8) is 0 Å². The normalized spacial score (nSPS) is 22.6. The number of carbonyl (C=O) groups excluding carboxylic acids is 1. The number of hydrogen-bond acceptors (Lipinski definition) is 6. The first kappa shape index (κ1) is 16.6. The predicted octanol–water partition coefficient (Wildman–Crippen LogP) is 0.864. The number of likely N-dealkylation sites (tertiary alicyclic amines) is 1. The summed E-state index contributed by atoms with van der Waals surface area (Å²) in [7, 11) is 0. The average molecular weight is 336 g/mol. The molecule has 1 fully saturated rings. The van der Waals surface area contributed by atoms with Crippen LogP contribution in [-0.2, 0) is 11.3 Å². The van der Waals surface area contributed by atoms with Crippen molar-refractivity contribution >= 4 is 5.91 Å². The summed E-state index contributed by atoms with van der Waals surface area (Å²) in [5.41, 5.74) is 0.799. The molecule has 1 amide bonds. The Labute approximate surface area is 139 Å². The number of nitrogens with zero attached hydrogens (tertiary/aromatic N) is 5. The van der Waals surface area contributed by atoms with E-state index in [4.69, 9.17) is 4.52 Å². The van der Waals surface area contributed by atoms with Crippen molar-refractivity contribution in [3.05, 3.63) is 30.2 Å². The van der Waals surface area contributed by atoms with E-state index < -0.39 is 12.2 Å². The zero-order chi connectivity index (χ0) is 17.1. The highest BCUT2D eigenvalue weighted by Crippen LogP contribution is 2.22. The van der Waals surface area contributed by atoms with Crippen LogP contribution < -0.4 is 5.32 Å². The third kappa shape index (κ3) is 3.78. The summed E-state index contributed by atoms with van der Waals surface area (Å²) in [6, 6.07) is 1.31. The Morgan fingerprint density at radius 2 is 2.42 bits per heavy atom. The van der Waals surface area contributed by atoms with E-state index in [1.165, 1.54) is 17.3 Å². The molecule has 24 heavy (non-hydrogen) atoms. The summed E-state index contributed by atoms with van der Waals surface area (Å²) in [5.74, 6) is 0.534. The van der Waals surface area contributed by atoms with E-state index in [1.807, 2.05) is 17.9 Å². The standard InChI is InChI=1S/C15H21FN6O2/c1-10-3-14(24-20-10)7-21-6-12(16)4-13(21)5-18-15(23)11(2)22-9-17-8-19-22/h3,8-9,11-13H,4-7H2,1-2H3,(H,18,23)/t11-,12-,13-/m0/s1. The van der Waals surface area contributed by atoms with Crippen molar-refractivity contribution in [2.45, 2.75) is 45.1 Å². The van der Waals surface area contributed by atoms with Crippen LogP contribution in [-0.4, -0.2) is 56.0 Å². The highest BCUT2D eigenvalue weighted by molar-refractivity contribution is 5.79. The number of aromatic nitrogens is 4. The lowest BCUT2D eigenvalue weighted by Gasteiger charge is -2.23. The summed E-state index contributed by atoms with van der Waals surface area (Å²) >= 11 is 0. The molecule has 0 aromatic carbocycles. The molecule has 0 aliphatic carbocycles. The lowest BCUT2D eigenvalue weighted by Crippen LogP contribution is -2.41. The molecule has 0 unspecified atom stereocenters. The van der Waals surface area contributed by atoms with Crippen molar-refractivity contribution in [2.75, 3.05) is 13.1 Å². The lowest BCUT2D eigenvalue weighted by atomic mass is 10.2. The molecule has 3 atom stereocenters. The van der Waals surface area contributed by atoms with Crippen molar-refractivity contribution in [1.29, 1.82) is 0 Å². The van der Waals surface area contributed by atoms with Gasteiger partial charge in [0.25, 0.3) is 0 Å². The van der Waals surface area contributed by atoms with Crippen LogP contribution in [0.5, 0.6) is 0 Å². The monoisotopic (exact) mass is 336 g/mol. The highest BCUT2D eigenvalue weighted by atomic mass is 19.1. The van der Waals surface area contributed by atoms with E-state index >= 15 is 0 Å². The molecule has 0 bridgehead atoms. The molecule has 2 aromatic rings. The first-order valence-electron chi connectivity index (χ1n) is 7.95. The summed E-state index contributed by atoms with van der Waals surface area (Å²) < 4.78 is 20.5. The molecule has 8 nitrogen and oxygen atoms in total. The number of nitrogens with one attached hydrogen (secondary N) is 1. The quantitative estimate of drug-likeness (QED) is 0.842. The second kappa shape index (κ2) is 7.08. The second-order valence-electron chi connectivity index (χ2n) is 6.15. The van der Waals surface area contributed by atoms with Crippen LogP contribution in [0.1, 0.15) is 30.8 Å². The number of amides is 1. The molecule has 0 radical (unpaired) electrons. The third-order valence-corrected chi connectivity index (χ3v) is 4.24. The van der Waals surface area contributed by atoms with Gasteiger partial charge in [0.2, 0.25) is 5.91 Å². The number of halogens is 1. The molecule has 3 heterocycles. The molecule has 1 saturated heterocycles. The number of rotatable bonds is 6. The third-order valence-electron chi connectivity index (χ3n) is 4.24. The number of hydrogen-bond donors (Lipinski definition) is 1. The van der Waals surface area contributed by atoms with Gasteiger partial charge in [-0.3, -0.25) is 9.69 Å². The first-order valence-corrected chi connectivity index (χ1v) is 7.95. The van der Waals surface area contributed by atoms with Gasteiger partial charge in [-0.05, 0) is 20.3 Å². The molecular weight excluding hydrogens is 315 g/mol.